The third-order valence-electron chi connectivity index (χ3n) is 7.42. The number of aryl methyl sites for hydroxylation is 2. The summed E-state index contributed by atoms with van der Waals surface area (Å²) in [6.45, 7) is 7.51. The van der Waals surface area contributed by atoms with Gasteiger partial charge in [-0.1, -0.05) is 6.07 Å². The van der Waals surface area contributed by atoms with E-state index in [1.807, 2.05) is 6.07 Å². The number of halogens is 1. The number of benzene rings is 2. The Bertz CT molecular complexity index is 1550. The van der Waals surface area contributed by atoms with Gasteiger partial charge in [0.05, 0.1) is 23.6 Å². The second-order valence-corrected chi connectivity index (χ2v) is 10.8. The van der Waals surface area contributed by atoms with Gasteiger partial charge in [0.2, 0.25) is 0 Å². The molecule has 4 heterocycles. The highest BCUT2D eigenvalue weighted by molar-refractivity contribution is 5.66. The molecule has 2 aliphatic heterocycles. The van der Waals surface area contributed by atoms with Gasteiger partial charge in [-0.2, -0.15) is 10.2 Å². The number of aromatic amines is 2. The normalized spacial score (nSPS) is 15.6. The Kier molecular flexibility index (Phi) is 11.3. The minimum Gasteiger partial charge on any atom is -0.393 e. The molecule has 0 amide bonds. The Morgan fingerprint density at radius 2 is 1.23 bits per heavy atom. The number of nitrogens with one attached hydrogen (secondary N) is 3. The van der Waals surface area contributed by atoms with E-state index in [0.29, 0.717) is 11.3 Å². The Morgan fingerprint density at radius 3 is 1.67 bits per heavy atom. The summed E-state index contributed by atoms with van der Waals surface area (Å²) in [5, 5.41) is 34.3. The van der Waals surface area contributed by atoms with Crippen LogP contribution >= 0.6 is 0 Å². The molecule has 0 unspecified atom stereocenters. The highest BCUT2D eigenvalue weighted by atomic mass is 19.1. The summed E-state index contributed by atoms with van der Waals surface area (Å²) in [7, 11) is 0. The van der Waals surface area contributed by atoms with Crippen LogP contribution in [0.2, 0.25) is 0 Å². The predicted octanol–water partition coefficient (Wildman–Crippen LogP) is 3.32. The van der Waals surface area contributed by atoms with Crippen LogP contribution in [-0.4, -0.2) is 69.0 Å². The lowest BCUT2D eigenvalue weighted by Gasteiger charge is -2.32. The van der Waals surface area contributed by atoms with Crippen molar-refractivity contribution in [3.05, 3.63) is 98.3 Å². The number of H-pyrrole nitrogens is 2. The van der Waals surface area contributed by atoms with E-state index in [9.17, 15) is 19.1 Å². The van der Waals surface area contributed by atoms with Gasteiger partial charge in [0.1, 0.15) is 5.82 Å². The Balaban J connectivity index is 0.000000167. The number of piperidine rings is 2. The van der Waals surface area contributed by atoms with E-state index in [-0.39, 0.29) is 29.1 Å². The average Bonchev–Trinajstić information content (AvgIpc) is 3.01. The zero-order chi connectivity index (χ0) is 30.8. The predicted molar refractivity (Wildman–Crippen MR) is 166 cm³/mol. The molecule has 228 valence electrons. The third kappa shape index (κ3) is 9.40. The molecule has 0 spiro atoms. The van der Waals surface area contributed by atoms with Crippen molar-refractivity contribution in [3.63, 3.8) is 0 Å². The van der Waals surface area contributed by atoms with Gasteiger partial charge < -0.3 is 20.4 Å². The minimum absolute atomic E-state index is 0.0266. The standard InChI is InChI=1S/C16H19N3O2.C11H9FN2O.C5H11NO/c1-11-10-12(14-3-5-16(21)18-17-14)2-4-15(11)19-8-6-13(20)7-9-19;1-7-6-8(2-3-9(7)12)10-4-5-11(15)14-13-10;7-5-1-3-6-4-2-5/h2-5,10,13,20H,6-9H2,1H3,(H,18,21);2-6H,1H3,(H,14,15);5-7H,1-4H2. The van der Waals surface area contributed by atoms with Crippen molar-refractivity contribution in [3.8, 4) is 22.5 Å². The van der Waals surface area contributed by atoms with E-state index in [1.165, 1.54) is 29.4 Å². The molecule has 0 bridgehead atoms. The van der Waals surface area contributed by atoms with Crippen LogP contribution in [0.25, 0.3) is 22.5 Å². The van der Waals surface area contributed by atoms with Crippen LogP contribution < -0.4 is 21.3 Å². The summed E-state index contributed by atoms with van der Waals surface area (Å²) in [4.78, 5) is 24.2. The van der Waals surface area contributed by atoms with Crippen molar-refractivity contribution in [2.24, 2.45) is 0 Å². The first-order valence-electron chi connectivity index (χ1n) is 14.5. The summed E-state index contributed by atoms with van der Waals surface area (Å²) >= 11 is 0. The molecular formula is C32H39FN6O4. The first kappa shape index (κ1) is 31.7. The van der Waals surface area contributed by atoms with E-state index in [0.717, 1.165) is 68.7 Å². The lowest BCUT2D eigenvalue weighted by molar-refractivity contribution is 0.137. The van der Waals surface area contributed by atoms with Gasteiger partial charge in [-0.25, -0.2) is 14.6 Å². The van der Waals surface area contributed by atoms with Gasteiger partial charge in [-0.05, 0) is 106 Å². The summed E-state index contributed by atoms with van der Waals surface area (Å²) < 4.78 is 13.0. The molecule has 2 aromatic heterocycles. The molecule has 0 atom stereocenters. The number of aliphatic hydroxyl groups is 2. The van der Waals surface area contributed by atoms with E-state index < -0.39 is 0 Å². The summed E-state index contributed by atoms with van der Waals surface area (Å²) in [5.74, 6) is -0.247. The lowest BCUT2D eigenvalue weighted by atomic mass is 10.0. The van der Waals surface area contributed by atoms with Crippen LogP contribution in [0, 0.1) is 19.7 Å². The summed E-state index contributed by atoms with van der Waals surface area (Å²) in [6.07, 6.45) is 3.32. The molecule has 2 fully saturated rings. The fourth-order valence-electron chi connectivity index (χ4n) is 4.90. The number of hydrogen-bond donors (Lipinski definition) is 5. The lowest BCUT2D eigenvalue weighted by Crippen LogP contribution is -2.36. The molecule has 4 aromatic rings. The van der Waals surface area contributed by atoms with E-state index in [2.05, 4.69) is 49.7 Å². The monoisotopic (exact) mass is 590 g/mol. The van der Waals surface area contributed by atoms with Crippen molar-refractivity contribution in [2.75, 3.05) is 31.1 Å². The molecule has 2 saturated heterocycles. The van der Waals surface area contributed by atoms with Gasteiger partial charge in [0.15, 0.2) is 0 Å². The van der Waals surface area contributed by atoms with Crippen LogP contribution in [0.3, 0.4) is 0 Å². The fourth-order valence-corrected chi connectivity index (χ4v) is 4.90. The quantitative estimate of drug-likeness (QED) is 0.244. The number of nitrogens with zero attached hydrogens (tertiary/aromatic N) is 3. The molecular weight excluding hydrogens is 551 g/mol. The summed E-state index contributed by atoms with van der Waals surface area (Å²) in [6, 6.07) is 17.1. The van der Waals surface area contributed by atoms with Crippen molar-refractivity contribution < 1.29 is 14.6 Å². The van der Waals surface area contributed by atoms with Gasteiger partial charge in [-0.15, -0.1) is 0 Å². The van der Waals surface area contributed by atoms with Gasteiger partial charge >= 0.3 is 0 Å². The molecule has 6 rings (SSSR count). The maximum atomic E-state index is 13.0. The largest absolute Gasteiger partial charge is 0.393 e. The molecule has 11 heteroatoms. The van der Waals surface area contributed by atoms with Gasteiger partial charge in [-0.3, -0.25) is 9.59 Å². The molecule has 2 aliphatic rings. The topological polar surface area (TPSA) is 147 Å². The van der Waals surface area contributed by atoms with Gasteiger partial charge in [0.25, 0.3) is 11.1 Å². The molecule has 5 N–H and O–H groups in total. The maximum absolute atomic E-state index is 13.0. The van der Waals surface area contributed by atoms with Crippen LogP contribution in [0.4, 0.5) is 10.1 Å². The zero-order valence-electron chi connectivity index (χ0n) is 24.5. The van der Waals surface area contributed by atoms with E-state index >= 15 is 0 Å². The number of anilines is 1. The average molecular weight is 591 g/mol. The molecule has 0 saturated carbocycles. The number of aliphatic hydroxyl groups excluding tert-OH is 2. The third-order valence-corrected chi connectivity index (χ3v) is 7.42. The summed E-state index contributed by atoms with van der Waals surface area (Å²) in [5.41, 5.74) is 5.65. The highest BCUT2D eigenvalue weighted by Gasteiger charge is 2.18. The second kappa shape index (κ2) is 15.3. The zero-order valence-corrected chi connectivity index (χ0v) is 24.5. The van der Waals surface area contributed by atoms with E-state index in [4.69, 9.17) is 5.11 Å². The molecule has 43 heavy (non-hydrogen) atoms. The van der Waals surface area contributed by atoms with Crippen LogP contribution in [-0.2, 0) is 0 Å². The van der Waals surface area contributed by atoms with Crippen molar-refractivity contribution in [1.29, 1.82) is 0 Å². The highest BCUT2D eigenvalue weighted by Crippen LogP contribution is 2.28. The number of rotatable bonds is 3. The molecule has 0 aliphatic carbocycles. The minimum atomic E-state index is -0.252. The Labute approximate surface area is 249 Å². The Hall–Kier alpha value is -4.19. The first-order valence-corrected chi connectivity index (χ1v) is 14.5. The SMILES string of the molecule is Cc1cc(-c2ccc(=O)[nH]n2)ccc1F.Cc1cc(-c2ccc(=O)[nH]n2)ccc1N1CCC(O)CC1.OC1CCNCC1. The van der Waals surface area contributed by atoms with Crippen molar-refractivity contribution in [1.82, 2.24) is 25.7 Å². The smallest absolute Gasteiger partial charge is 0.264 e. The Morgan fingerprint density at radius 1 is 0.721 bits per heavy atom. The first-order chi connectivity index (χ1) is 20.7. The van der Waals surface area contributed by atoms with Crippen LogP contribution in [0.15, 0.2) is 70.3 Å². The van der Waals surface area contributed by atoms with Crippen molar-refractivity contribution in [2.45, 2.75) is 51.7 Å². The van der Waals surface area contributed by atoms with Crippen molar-refractivity contribution >= 4 is 5.69 Å². The van der Waals surface area contributed by atoms with E-state index in [1.54, 1.807) is 31.2 Å². The van der Waals surface area contributed by atoms with Crippen LogP contribution in [0.1, 0.15) is 36.8 Å². The molecule has 2 aromatic carbocycles. The maximum Gasteiger partial charge on any atom is 0.264 e. The number of hydrogen-bond acceptors (Lipinski definition) is 8. The number of aromatic nitrogens is 4. The molecule has 0 radical (unpaired) electrons. The second-order valence-electron chi connectivity index (χ2n) is 10.8. The van der Waals surface area contributed by atoms with Gasteiger partial charge in [0, 0.05) is 42.0 Å². The molecule has 10 nitrogen and oxygen atoms in total. The van der Waals surface area contributed by atoms with Crippen LogP contribution in [0.5, 0.6) is 0 Å². The fraction of sp³-hybridized carbons (Fsp3) is 0.375.